The Labute approximate surface area is 169 Å². The topological polar surface area (TPSA) is 24.7 Å². The van der Waals surface area contributed by atoms with Crippen molar-refractivity contribution in [3.8, 4) is 0 Å². The number of hydrogen-bond acceptors (Lipinski definition) is 2. The number of benzene rings is 2. The Hall–Kier alpha value is -3.26. The van der Waals surface area contributed by atoms with Gasteiger partial charge in [-0.05, 0) is 60.1 Å². The van der Waals surface area contributed by atoms with Crippen molar-refractivity contribution in [3.05, 3.63) is 109 Å². The first-order valence-corrected chi connectivity index (χ1v) is 9.47. The zero-order valence-corrected chi connectivity index (χ0v) is 16.5. The van der Waals surface area contributed by atoms with E-state index in [0.29, 0.717) is 0 Å². The molecule has 2 aromatic carbocycles. The predicted molar refractivity (Wildman–Crippen MR) is 125 cm³/mol. The van der Waals surface area contributed by atoms with E-state index in [-0.39, 0.29) is 0 Å². The van der Waals surface area contributed by atoms with Gasteiger partial charge < -0.3 is 0 Å². The van der Waals surface area contributed by atoms with E-state index in [1.165, 1.54) is 22.3 Å². The molecule has 0 aromatic heterocycles. The van der Waals surface area contributed by atoms with Crippen LogP contribution in [0.3, 0.4) is 0 Å². The summed E-state index contributed by atoms with van der Waals surface area (Å²) < 4.78 is 0. The number of aliphatic imine (C=N–C) groups is 2. The third-order valence-electron chi connectivity index (χ3n) is 4.42. The quantitative estimate of drug-likeness (QED) is 0.311. The van der Waals surface area contributed by atoms with Gasteiger partial charge in [-0.1, -0.05) is 48.6 Å². The number of nitrogens with zero attached hydrogens (tertiary/aromatic N) is 2. The van der Waals surface area contributed by atoms with Gasteiger partial charge in [0.15, 0.2) is 0 Å². The molecule has 0 N–H and O–H groups in total. The van der Waals surface area contributed by atoms with E-state index in [9.17, 15) is 0 Å². The van der Waals surface area contributed by atoms with E-state index in [0.717, 1.165) is 37.1 Å². The fourth-order valence-electron chi connectivity index (χ4n) is 3.16. The largest absolute Gasteiger partial charge is 0.255 e. The van der Waals surface area contributed by atoms with Crippen molar-refractivity contribution in [3.63, 3.8) is 0 Å². The molecule has 2 nitrogen and oxygen atoms in total. The van der Waals surface area contributed by atoms with E-state index < -0.39 is 0 Å². The van der Waals surface area contributed by atoms with Crippen LogP contribution in [0.5, 0.6) is 0 Å². The van der Waals surface area contributed by atoms with E-state index in [2.05, 4.69) is 48.4 Å². The van der Waals surface area contributed by atoms with Gasteiger partial charge in [0.25, 0.3) is 0 Å². The molecule has 0 aliphatic heterocycles. The molecule has 0 aliphatic carbocycles. The molecule has 0 radical (unpaired) electrons. The van der Waals surface area contributed by atoms with Crippen molar-refractivity contribution in [2.24, 2.45) is 9.98 Å². The average Bonchev–Trinajstić information content (AvgIpc) is 2.70. The summed E-state index contributed by atoms with van der Waals surface area (Å²) >= 11 is 0. The molecule has 0 unspecified atom stereocenters. The van der Waals surface area contributed by atoms with Gasteiger partial charge in [0, 0.05) is 12.4 Å². The molecule has 0 atom stereocenters. The highest BCUT2D eigenvalue weighted by Gasteiger charge is 2.06. The second kappa shape index (κ2) is 11.5. The van der Waals surface area contributed by atoms with Crippen LogP contribution < -0.4 is 0 Å². The maximum Gasteiger partial charge on any atom is 0.0668 e. The van der Waals surface area contributed by atoms with Crippen LogP contribution in [0.15, 0.2) is 97.0 Å². The molecular formula is C26H28N2. The zero-order chi connectivity index (χ0) is 20.2. The number of hydrogen-bond donors (Lipinski definition) is 0. The highest BCUT2D eigenvalue weighted by molar-refractivity contribution is 6.17. The Morgan fingerprint density at radius 1 is 0.571 bits per heavy atom. The van der Waals surface area contributed by atoms with Crippen LogP contribution in [0.1, 0.15) is 22.3 Å². The van der Waals surface area contributed by atoms with Gasteiger partial charge >= 0.3 is 0 Å². The van der Waals surface area contributed by atoms with Gasteiger partial charge in [-0.2, -0.15) is 0 Å². The lowest BCUT2D eigenvalue weighted by atomic mass is 10.00. The summed E-state index contributed by atoms with van der Waals surface area (Å²) in [6.45, 7) is 15.4. The van der Waals surface area contributed by atoms with Crippen LogP contribution in [0.2, 0.25) is 0 Å². The van der Waals surface area contributed by atoms with Crippen molar-refractivity contribution in [2.75, 3.05) is 0 Å². The maximum absolute atomic E-state index is 4.62. The molecule has 0 amide bonds. The van der Waals surface area contributed by atoms with Crippen molar-refractivity contribution < 1.29 is 0 Å². The third-order valence-corrected chi connectivity index (χ3v) is 4.42. The molecule has 142 valence electrons. The van der Waals surface area contributed by atoms with Crippen LogP contribution >= 0.6 is 0 Å². The predicted octanol–water partition coefficient (Wildman–Crippen LogP) is 6.71. The van der Waals surface area contributed by atoms with Crippen molar-refractivity contribution in [1.82, 2.24) is 0 Å². The van der Waals surface area contributed by atoms with Crippen LogP contribution in [0.25, 0.3) is 0 Å². The lowest BCUT2D eigenvalue weighted by molar-refractivity contribution is 1.15. The smallest absolute Gasteiger partial charge is 0.0668 e. The lowest BCUT2D eigenvalue weighted by Crippen LogP contribution is -1.93. The lowest BCUT2D eigenvalue weighted by Gasteiger charge is -2.09. The molecule has 2 aromatic rings. The van der Waals surface area contributed by atoms with Gasteiger partial charge in [-0.15, -0.1) is 26.3 Å². The van der Waals surface area contributed by atoms with E-state index in [1.54, 1.807) is 12.4 Å². The van der Waals surface area contributed by atoms with Crippen LogP contribution in [0.4, 0.5) is 11.4 Å². The normalized spacial score (nSPS) is 11.0. The van der Waals surface area contributed by atoms with Gasteiger partial charge in [0.2, 0.25) is 0 Å². The van der Waals surface area contributed by atoms with Crippen molar-refractivity contribution in [2.45, 2.75) is 25.7 Å². The highest BCUT2D eigenvalue weighted by Crippen LogP contribution is 2.26. The summed E-state index contributed by atoms with van der Waals surface area (Å²) in [5.74, 6) is 0. The summed E-state index contributed by atoms with van der Waals surface area (Å²) in [7, 11) is 0. The monoisotopic (exact) mass is 368 g/mol. The molecule has 2 heteroatoms. The Balaban J connectivity index is 2.29. The summed E-state index contributed by atoms with van der Waals surface area (Å²) in [6.07, 6.45) is 14.3. The highest BCUT2D eigenvalue weighted by atomic mass is 14.8. The summed E-state index contributed by atoms with van der Waals surface area (Å²) in [5, 5.41) is 0. The van der Waals surface area contributed by atoms with Gasteiger partial charge in [0.1, 0.15) is 0 Å². The Morgan fingerprint density at radius 2 is 0.964 bits per heavy atom. The molecular weight excluding hydrogens is 340 g/mol. The second-order valence-corrected chi connectivity index (χ2v) is 6.36. The van der Waals surface area contributed by atoms with Crippen LogP contribution in [-0.2, 0) is 25.7 Å². The second-order valence-electron chi connectivity index (χ2n) is 6.36. The molecule has 0 bridgehead atoms. The first-order chi connectivity index (χ1) is 13.7. The minimum absolute atomic E-state index is 0.779. The number of allylic oxidation sites excluding steroid dienone is 4. The first-order valence-electron chi connectivity index (χ1n) is 9.47. The average molecular weight is 369 g/mol. The Bertz CT molecular complexity index is 825. The maximum atomic E-state index is 4.62. The molecule has 0 fully saturated rings. The van der Waals surface area contributed by atoms with Crippen LogP contribution in [0, 0.1) is 0 Å². The summed E-state index contributed by atoms with van der Waals surface area (Å²) in [4.78, 5) is 9.25. The minimum atomic E-state index is 0.779. The third kappa shape index (κ3) is 5.62. The van der Waals surface area contributed by atoms with E-state index >= 15 is 0 Å². The SMILES string of the molecule is C=CCc1cccc(/N=C/C=N/c2cccc(CC=C)c2CC=C)c1CC=C. The Morgan fingerprint density at radius 3 is 1.32 bits per heavy atom. The minimum Gasteiger partial charge on any atom is -0.255 e. The van der Waals surface area contributed by atoms with Gasteiger partial charge in [-0.25, -0.2) is 0 Å². The fourth-order valence-corrected chi connectivity index (χ4v) is 3.16. The van der Waals surface area contributed by atoms with Crippen molar-refractivity contribution >= 4 is 23.8 Å². The molecule has 0 heterocycles. The molecule has 0 spiro atoms. The molecule has 0 aliphatic rings. The van der Waals surface area contributed by atoms with Crippen molar-refractivity contribution in [1.29, 1.82) is 0 Å². The van der Waals surface area contributed by atoms with E-state index in [4.69, 9.17) is 0 Å². The molecule has 2 rings (SSSR count). The Kier molecular flexibility index (Phi) is 8.61. The molecule has 28 heavy (non-hydrogen) atoms. The number of rotatable bonds is 11. The van der Waals surface area contributed by atoms with Gasteiger partial charge in [0.05, 0.1) is 11.4 Å². The molecule has 0 saturated heterocycles. The summed E-state index contributed by atoms with van der Waals surface area (Å²) in [5.41, 5.74) is 6.71. The first kappa shape index (κ1) is 21.0. The van der Waals surface area contributed by atoms with Gasteiger partial charge in [-0.3, -0.25) is 9.98 Å². The molecule has 0 saturated carbocycles. The van der Waals surface area contributed by atoms with Crippen LogP contribution in [-0.4, -0.2) is 12.4 Å². The van der Waals surface area contributed by atoms with E-state index in [1.807, 2.05) is 48.6 Å². The zero-order valence-electron chi connectivity index (χ0n) is 16.5. The fraction of sp³-hybridized carbons (Fsp3) is 0.154. The standard InChI is InChI=1S/C26H28N2/c1-5-11-21-15-9-17-25(23(21)13-7-3)27-19-20-28-26-18-10-16-22(12-6-2)24(26)14-8-4/h5-10,15-20H,1-4,11-14H2/b27-19+,28-20+. The summed E-state index contributed by atoms with van der Waals surface area (Å²) in [6, 6.07) is 12.3.